The molecule has 64 valence electrons. The molecule has 0 spiro atoms. The standard InChI is InChI=1S/C7H2Br2Cl2O/c8-3-1-2-4(10)5(6(3)9)7(11)12/h1-2H. The minimum absolute atomic E-state index is 0.285. The molecular formula is C7H2Br2Cl2O. The van der Waals surface area contributed by atoms with Crippen LogP contribution in [0.4, 0.5) is 0 Å². The van der Waals surface area contributed by atoms with Crippen LogP contribution in [0.3, 0.4) is 0 Å². The van der Waals surface area contributed by atoms with Crippen molar-refractivity contribution in [3.05, 3.63) is 31.7 Å². The van der Waals surface area contributed by atoms with E-state index in [9.17, 15) is 4.79 Å². The van der Waals surface area contributed by atoms with Gasteiger partial charge in [-0.25, -0.2) is 0 Å². The molecule has 0 aliphatic heterocycles. The first kappa shape index (κ1) is 10.5. The van der Waals surface area contributed by atoms with Crippen LogP contribution in [0, 0.1) is 0 Å². The Labute approximate surface area is 96.3 Å². The lowest BCUT2D eigenvalue weighted by Gasteiger charge is -2.02. The van der Waals surface area contributed by atoms with Gasteiger partial charge in [-0.1, -0.05) is 11.6 Å². The van der Waals surface area contributed by atoms with Crippen molar-refractivity contribution in [3.63, 3.8) is 0 Å². The zero-order chi connectivity index (χ0) is 9.30. The third-order valence-corrected chi connectivity index (χ3v) is 3.76. The van der Waals surface area contributed by atoms with Crippen LogP contribution >= 0.6 is 55.1 Å². The molecule has 0 saturated heterocycles. The first-order chi connectivity index (χ1) is 5.54. The molecule has 0 aromatic heterocycles. The maximum Gasteiger partial charge on any atom is 0.255 e. The van der Waals surface area contributed by atoms with Gasteiger partial charge in [-0.2, -0.15) is 0 Å². The first-order valence-corrected chi connectivity index (χ1v) is 5.21. The molecule has 0 amide bonds. The molecule has 0 radical (unpaired) electrons. The third kappa shape index (κ3) is 2.02. The summed E-state index contributed by atoms with van der Waals surface area (Å²) in [7, 11) is 0. The van der Waals surface area contributed by atoms with Crippen molar-refractivity contribution in [3.8, 4) is 0 Å². The van der Waals surface area contributed by atoms with E-state index < -0.39 is 5.24 Å². The minimum Gasteiger partial charge on any atom is -0.276 e. The van der Waals surface area contributed by atoms with Gasteiger partial charge in [-0.05, 0) is 55.6 Å². The Morgan fingerprint density at radius 2 is 1.92 bits per heavy atom. The summed E-state index contributed by atoms with van der Waals surface area (Å²) in [6.07, 6.45) is 0. The summed E-state index contributed by atoms with van der Waals surface area (Å²) in [6.45, 7) is 0. The van der Waals surface area contributed by atoms with Gasteiger partial charge in [0.25, 0.3) is 5.24 Å². The van der Waals surface area contributed by atoms with Crippen molar-refractivity contribution < 1.29 is 4.79 Å². The van der Waals surface area contributed by atoms with E-state index in [1.807, 2.05) is 0 Å². The number of hydrogen-bond donors (Lipinski definition) is 0. The Hall–Kier alpha value is 0.430. The Balaban J connectivity index is 3.43. The Kier molecular flexibility index (Phi) is 3.58. The lowest BCUT2D eigenvalue weighted by atomic mass is 10.2. The quantitative estimate of drug-likeness (QED) is 0.555. The topological polar surface area (TPSA) is 17.1 Å². The number of carbonyl (C=O) groups is 1. The molecule has 1 aromatic rings. The second-order valence-corrected chi connectivity index (χ2v) is 4.39. The average molecular weight is 333 g/mol. The number of hydrogen-bond acceptors (Lipinski definition) is 1. The molecule has 1 rings (SSSR count). The van der Waals surface area contributed by atoms with E-state index in [1.54, 1.807) is 12.1 Å². The number of rotatable bonds is 1. The lowest BCUT2D eigenvalue weighted by Crippen LogP contribution is -1.92. The molecule has 0 saturated carbocycles. The van der Waals surface area contributed by atoms with E-state index in [4.69, 9.17) is 23.2 Å². The summed E-state index contributed by atoms with van der Waals surface area (Å²) >= 11 is 17.5. The monoisotopic (exact) mass is 330 g/mol. The van der Waals surface area contributed by atoms with Gasteiger partial charge in [0.15, 0.2) is 0 Å². The molecule has 0 N–H and O–H groups in total. The van der Waals surface area contributed by atoms with Crippen LogP contribution in [0.15, 0.2) is 21.1 Å². The fourth-order valence-corrected chi connectivity index (χ4v) is 2.28. The predicted octanol–water partition coefficient (Wildman–Crippen LogP) is 4.24. The van der Waals surface area contributed by atoms with Crippen molar-refractivity contribution in [2.45, 2.75) is 0 Å². The highest BCUT2D eigenvalue weighted by molar-refractivity contribution is 9.13. The molecule has 0 atom stereocenters. The molecule has 0 aliphatic carbocycles. The van der Waals surface area contributed by atoms with Gasteiger partial charge < -0.3 is 0 Å². The minimum atomic E-state index is -0.576. The Bertz CT molecular complexity index is 338. The smallest absolute Gasteiger partial charge is 0.255 e. The van der Waals surface area contributed by atoms with Gasteiger partial charge in [-0.3, -0.25) is 4.79 Å². The molecule has 0 unspecified atom stereocenters. The molecule has 0 bridgehead atoms. The van der Waals surface area contributed by atoms with Gasteiger partial charge in [0.05, 0.1) is 10.6 Å². The van der Waals surface area contributed by atoms with E-state index in [0.29, 0.717) is 9.50 Å². The largest absolute Gasteiger partial charge is 0.276 e. The molecule has 12 heavy (non-hydrogen) atoms. The van der Waals surface area contributed by atoms with Gasteiger partial charge in [-0.15, -0.1) is 0 Å². The van der Waals surface area contributed by atoms with Gasteiger partial charge >= 0.3 is 0 Å². The van der Waals surface area contributed by atoms with Crippen LogP contribution in [-0.2, 0) is 0 Å². The second kappa shape index (κ2) is 4.09. The van der Waals surface area contributed by atoms with Crippen LogP contribution in [0.1, 0.15) is 10.4 Å². The zero-order valence-electron chi connectivity index (χ0n) is 5.57. The van der Waals surface area contributed by atoms with Gasteiger partial charge in [0, 0.05) is 8.95 Å². The van der Waals surface area contributed by atoms with Crippen LogP contribution in [0.5, 0.6) is 0 Å². The summed E-state index contributed by atoms with van der Waals surface area (Å²) < 4.78 is 1.32. The lowest BCUT2D eigenvalue weighted by molar-refractivity contribution is 0.108. The molecule has 0 aliphatic rings. The Morgan fingerprint density at radius 3 is 2.33 bits per heavy atom. The van der Waals surface area contributed by atoms with Crippen molar-refractivity contribution in [2.75, 3.05) is 0 Å². The van der Waals surface area contributed by atoms with E-state index in [2.05, 4.69) is 31.9 Å². The summed E-state index contributed by atoms with van der Waals surface area (Å²) in [5.41, 5.74) is 0.285. The SMILES string of the molecule is O=C(Cl)c1c(Cl)ccc(Br)c1Br. The van der Waals surface area contributed by atoms with Crippen LogP contribution < -0.4 is 0 Å². The zero-order valence-corrected chi connectivity index (χ0v) is 10.3. The number of carbonyl (C=O) groups excluding carboxylic acids is 1. The van der Waals surface area contributed by atoms with Crippen LogP contribution in [-0.4, -0.2) is 5.24 Å². The van der Waals surface area contributed by atoms with Gasteiger partial charge in [0.2, 0.25) is 0 Å². The molecule has 1 nitrogen and oxygen atoms in total. The van der Waals surface area contributed by atoms with Gasteiger partial charge in [0.1, 0.15) is 0 Å². The normalized spacial score (nSPS) is 10.0. The van der Waals surface area contributed by atoms with Crippen molar-refractivity contribution >= 4 is 60.3 Å². The summed E-state index contributed by atoms with van der Waals surface area (Å²) in [4.78, 5) is 10.9. The molecule has 1 aromatic carbocycles. The van der Waals surface area contributed by atoms with E-state index in [-0.39, 0.29) is 5.56 Å². The number of halogens is 4. The fraction of sp³-hybridized carbons (Fsp3) is 0. The molecular weight excluding hydrogens is 331 g/mol. The first-order valence-electron chi connectivity index (χ1n) is 2.87. The summed E-state index contributed by atoms with van der Waals surface area (Å²) in [5.74, 6) is 0. The maximum absolute atomic E-state index is 10.9. The van der Waals surface area contributed by atoms with E-state index in [1.165, 1.54) is 0 Å². The highest BCUT2D eigenvalue weighted by Gasteiger charge is 2.13. The third-order valence-electron chi connectivity index (χ3n) is 1.24. The van der Waals surface area contributed by atoms with Crippen molar-refractivity contribution in [1.29, 1.82) is 0 Å². The average Bonchev–Trinajstić information content (AvgIpc) is 1.97. The molecule has 5 heteroatoms. The summed E-state index contributed by atoms with van der Waals surface area (Å²) in [6, 6.07) is 3.34. The van der Waals surface area contributed by atoms with E-state index in [0.717, 1.165) is 4.47 Å². The fourth-order valence-electron chi connectivity index (χ4n) is 0.707. The van der Waals surface area contributed by atoms with Crippen LogP contribution in [0.25, 0.3) is 0 Å². The molecule has 0 heterocycles. The summed E-state index contributed by atoms with van der Waals surface area (Å²) in [5, 5.41) is -0.238. The maximum atomic E-state index is 10.9. The second-order valence-electron chi connectivity index (χ2n) is 1.99. The van der Waals surface area contributed by atoms with Crippen molar-refractivity contribution in [2.24, 2.45) is 0 Å². The highest BCUT2D eigenvalue weighted by atomic mass is 79.9. The number of benzene rings is 1. The van der Waals surface area contributed by atoms with Crippen LogP contribution in [0.2, 0.25) is 5.02 Å². The Morgan fingerprint density at radius 1 is 1.33 bits per heavy atom. The highest BCUT2D eigenvalue weighted by Crippen LogP contribution is 2.32. The van der Waals surface area contributed by atoms with Crippen molar-refractivity contribution in [1.82, 2.24) is 0 Å². The molecule has 0 fully saturated rings. The predicted molar refractivity (Wildman–Crippen MR) is 57.0 cm³/mol. The van der Waals surface area contributed by atoms with E-state index >= 15 is 0 Å².